The standard InChI is InChI=1S/C18H21NO4/c1-17(2,18(3,19)16(21)22)12-4-8-14(9-5-12)23-15-10-6-13(20)7-11-15/h4-11,20H,19H2,1-3H3,(H,21,22)/t18-/m1/s1. The van der Waals surface area contributed by atoms with Crippen LogP contribution in [-0.4, -0.2) is 21.7 Å². The van der Waals surface area contributed by atoms with E-state index in [4.69, 9.17) is 10.5 Å². The van der Waals surface area contributed by atoms with E-state index in [1.54, 1.807) is 50.2 Å². The molecule has 4 N–H and O–H groups in total. The minimum Gasteiger partial charge on any atom is -0.508 e. The first-order chi connectivity index (χ1) is 10.6. The highest BCUT2D eigenvalue weighted by Gasteiger charge is 2.45. The van der Waals surface area contributed by atoms with E-state index < -0.39 is 16.9 Å². The van der Waals surface area contributed by atoms with Crippen LogP contribution in [0.2, 0.25) is 0 Å². The number of aromatic hydroxyl groups is 1. The minimum atomic E-state index is -1.40. The van der Waals surface area contributed by atoms with E-state index in [-0.39, 0.29) is 5.75 Å². The van der Waals surface area contributed by atoms with Crippen molar-refractivity contribution in [2.45, 2.75) is 31.7 Å². The molecular formula is C18H21NO4. The Morgan fingerprint density at radius 1 is 0.957 bits per heavy atom. The number of phenolic OH excluding ortho intramolecular Hbond substituents is 1. The second-order valence-corrected chi connectivity index (χ2v) is 6.25. The zero-order valence-electron chi connectivity index (χ0n) is 13.4. The average molecular weight is 315 g/mol. The number of hydrogen-bond acceptors (Lipinski definition) is 4. The van der Waals surface area contributed by atoms with Crippen LogP contribution >= 0.6 is 0 Å². The van der Waals surface area contributed by atoms with Gasteiger partial charge >= 0.3 is 5.97 Å². The van der Waals surface area contributed by atoms with E-state index in [9.17, 15) is 15.0 Å². The number of carbonyl (C=O) groups is 1. The van der Waals surface area contributed by atoms with Gasteiger partial charge in [0.15, 0.2) is 0 Å². The summed E-state index contributed by atoms with van der Waals surface area (Å²) >= 11 is 0. The molecule has 0 unspecified atom stereocenters. The average Bonchev–Trinajstić information content (AvgIpc) is 2.50. The zero-order valence-corrected chi connectivity index (χ0v) is 13.4. The number of benzene rings is 2. The molecule has 23 heavy (non-hydrogen) atoms. The third-order valence-corrected chi connectivity index (χ3v) is 4.39. The lowest BCUT2D eigenvalue weighted by molar-refractivity contribution is -0.145. The molecule has 0 aliphatic heterocycles. The third kappa shape index (κ3) is 3.29. The van der Waals surface area contributed by atoms with Gasteiger partial charge in [0.1, 0.15) is 22.8 Å². The van der Waals surface area contributed by atoms with Crippen LogP contribution in [0, 0.1) is 0 Å². The topological polar surface area (TPSA) is 92.8 Å². The number of ether oxygens (including phenoxy) is 1. The predicted molar refractivity (Wildman–Crippen MR) is 87.9 cm³/mol. The molecule has 0 saturated heterocycles. The van der Waals surface area contributed by atoms with Crippen LogP contribution in [0.25, 0.3) is 0 Å². The highest BCUT2D eigenvalue weighted by Crippen LogP contribution is 2.35. The summed E-state index contributed by atoms with van der Waals surface area (Å²) in [4.78, 5) is 11.4. The number of phenols is 1. The summed E-state index contributed by atoms with van der Waals surface area (Å²) < 4.78 is 5.68. The summed E-state index contributed by atoms with van der Waals surface area (Å²) in [7, 11) is 0. The minimum absolute atomic E-state index is 0.172. The number of hydrogen-bond donors (Lipinski definition) is 3. The summed E-state index contributed by atoms with van der Waals surface area (Å²) in [5.74, 6) is 0.338. The van der Waals surface area contributed by atoms with Crippen LogP contribution in [-0.2, 0) is 10.2 Å². The fraction of sp³-hybridized carbons (Fsp3) is 0.278. The molecule has 0 saturated carbocycles. The normalized spacial score (nSPS) is 14.1. The van der Waals surface area contributed by atoms with Crippen LogP contribution in [0.4, 0.5) is 0 Å². The molecule has 2 aromatic carbocycles. The largest absolute Gasteiger partial charge is 0.508 e. The van der Waals surface area contributed by atoms with Crippen molar-refractivity contribution in [3.8, 4) is 17.2 Å². The van der Waals surface area contributed by atoms with Crippen LogP contribution in [0.15, 0.2) is 48.5 Å². The molecule has 1 atom stereocenters. The van der Waals surface area contributed by atoms with Crippen molar-refractivity contribution in [1.29, 1.82) is 0 Å². The zero-order chi connectivity index (χ0) is 17.3. The molecule has 0 heterocycles. The van der Waals surface area contributed by atoms with Crippen LogP contribution in [0.1, 0.15) is 26.3 Å². The Morgan fingerprint density at radius 2 is 1.39 bits per heavy atom. The highest BCUT2D eigenvalue weighted by molar-refractivity contribution is 5.80. The van der Waals surface area contributed by atoms with Gasteiger partial charge in [0.2, 0.25) is 0 Å². The molecule has 2 aromatic rings. The van der Waals surface area contributed by atoms with Gasteiger partial charge in [-0.2, -0.15) is 0 Å². The molecule has 0 fully saturated rings. The lowest BCUT2D eigenvalue weighted by Gasteiger charge is -2.38. The summed E-state index contributed by atoms with van der Waals surface area (Å²) in [5, 5.41) is 18.6. The Balaban J connectivity index is 2.22. The fourth-order valence-electron chi connectivity index (χ4n) is 2.16. The van der Waals surface area contributed by atoms with Crippen molar-refractivity contribution >= 4 is 5.97 Å². The van der Waals surface area contributed by atoms with Crippen molar-refractivity contribution in [3.63, 3.8) is 0 Å². The molecule has 0 bridgehead atoms. The molecule has 0 aliphatic rings. The van der Waals surface area contributed by atoms with Crippen LogP contribution < -0.4 is 10.5 Å². The highest BCUT2D eigenvalue weighted by atomic mass is 16.5. The second kappa shape index (κ2) is 5.93. The van der Waals surface area contributed by atoms with Crippen molar-refractivity contribution in [3.05, 3.63) is 54.1 Å². The first-order valence-electron chi connectivity index (χ1n) is 7.24. The lowest BCUT2D eigenvalue weighted by atomic mass is 9.69. The maximum absolute atomic E-state index is 11.4. The summed E-state index contributed by atoms with van der Waals surface area (Å²) in [6.45, 7) is 5.12. The molecule has 0 aromatic heterocycles. The number of carboxylic acids is 1. The van der Waals surface area contributed by atoms with Crippen LogP contribution in [0.5, 0.6) is 17.2 Å². The van der Waals surface area contributed by atoms with E-state index in [1.807, 2.05) is 12.1 Å². The van der Waals surface area contributed by atoms with Crippen LogP contribution in [0.3, 0.4) is 0 Å². The molecule has 0 aliphatic carbocycles. The molecule has 0 radical (unpaired) electrons. The Bertz CT molecular complexity index is 688. The number of rotatable bonds is 5. The Kier molecular flexibility index (Phi) is 4.34. The van der Waals surface area contributed by atoms with Gasteiger partial charge in [0.05, 0.1) is 0 Å². The number of aliphatic carboxylic acids is 1. The quantitative estimate of drug-likeness (QED) is 0.787. The summed E-state index contributed by atoms with van der Waals surface area (Å²) in [6.07, 6.45) is 0. The van der Waals surface area contributed by atoms with Gasteiger partial charge in [-0.25, -0.2) is 0 Å². The van der Waals surface area contributed by atoms with Crippen molar-refractivity contribution < 1.29 is 19.7 Å². The van der Waals surface area contributed by atoms with E-state index in [2.05, 4.69) is 0 Å². The van der Waals surface area contributed by atoms with Crippen molar-refractivity contribution in [2.24, 2.45) is 5.73 Å². The van der Waals surface area contributed by atoms with Gasteiger partial charge in [0.25, 0.3) is 0 Å². The molecule has 0 spiro atoms. The smallest absolute Gasteiger partial charge is 0.324 e. The van der Waals surface area contributed by atoms with E-state index >= 15 is 0 Å². The van der Waals surface area contributed by atoms with Gasteiger partial charge in [-0.1, -0.05) is 26.0 Å². The van der Waals surface area contributed by atoms with Gasteiger partial charge in [-0.05, 0) is 48.9 Å². The molecule has 2 rings (SSSR count). The monoisotopic (exact) mass is 315 g/mol. The van der Waals surface area contributed by atoms with E-state index in [1.165, 1.54) is 6.92 Å². The van der Waals surface area contributed by atoms with Gasteiger partial charge in [-0.15, -0.1) is 0 Å². The Labute approximate surface area is 135 Å². The van der Waals surface area contributed by atoms with Gasteiger partial charge < -0.3 is 20.7 Å². The fourth-order valence-corrected chi connectivity index (χ4v) is 2.16. The Morgan fingerprint density at radius 3 is 1.83 bits per heavy atom. The molecule has 5 heteroatoms. The first-order valence-corrected chi connectivity index (χ1v) is 7.24. The first kappa shape index (κ1) is 16.8. The maximum Gasteiger partial charge on any atom is 0.324 e. The molecule has 5 nitrogen and oxygen atoms in total. The van der Waals surface area contributed by atoms with Crippen molar-refractivity contribution in [1.82, 2.24) is 0 Å². The number of carboxylic acid groups (broad SMARTS) is 1. The predicted octanol–water partition coefficient (Wildman–Crippen LogP) is 3.26. The molecule has 0 amide bonds. The van der Waals surface area contributed by atoms with E-state index in [0.717, 1.165) is 5.56 Å². The molecular weight excluding hydrogens is 294 g/mol. The SMILES string of the molecule is CC(C)(c1ccc(Oc2ccc(O)cc2)cc1)[C@](C)(N)C(=O)O. The van der Waals surface area contributed by atoms with Gasteiger partial charge in [0, 0.05) is 5.41 Å². The second-order valence-electron chi connectivity index (χ2n) is 6.25. The molecule has 122 valence electrons. The van der Waals surface area contributed by atoms with Crippen molar-refractivity contribution in [2.75, 3.05) is 0 Å². The number of nitrogens with two attached hydrogens (primary N) is 1. The lowest BCUT2D eigenvalue weighted by Crippen LogP contribution is -2.58. The maximum atomic E-state index is 11.4. The van der Waals surface area contributed by atoms with E-state index in [0.29, 0.717) is 11.5 Å². The Hall–Kier alpha value is -2.53. The third-order valence-electron chi connectivity index (χ3n) is 4.39. The summed E-state index contributed by atoms with van der Waals surface area (Å²) in [5.41, 5.74) is 4.65. The van der Waals surface area contributed by atoms with Gasteiger partial charge in [-0.3, -0.25) is 4.79 Å². The summed E-state index contributed by atoms with van der Waals surface area (Å²) in [6, 6.07) is 13.6.